The van der Waals surface area contributed by atoms with E-state index < -0.39 is 0 Å². The molecule has 0 bridgehead atoms. The molecule has 19 heavy (non-hydrogen) atoms. The summed E-state index contributed by atoms with van der Waals surface area (Å²) in [4.78, 5) is 2.03. The van der Waals surface area contributed by atoms with Crippen molar-refractivity contribution < 1.29 is 9.47 Å². The Morgan fingerprint density at radius 2 is 1.84 bits per heavy atom. The Balaban J connectivity index is 2.28. The lowest BCUT2D eigenvalue weighted by Crippen LogP contribution is -2.36. The number of hydrogen-bond donors (Lipinski definition) is 1. The number of nitrogens with zero attached hydrogens (tertiary/aromatic N) is 1. The average Bonchev–Trinajstić information content (AvgIpc) is 2.46. The van der Waals surface area contributed by atoms with Gasteiger partial charge in [-0.05, 0) is 18.2 Å². The van der Waals surface area contributed by atoms with E-state index in [1.807, 2.05) is 54.5 Å². The lowest BCUT2D eigenvalue weighted by molar-refractivity contribution is 0.355. The third-order valence-electron chi connectivity index (χ3n) is 3.19. The first-order valence-corrected chi connectivity index (χ1v) is 6.05. The number of ether oxygens (including phenoxy) is 2. The fourth-order valence-corrected chi connectivity index (χ4v) is 2.07. The topological polar surface area (TPSA) is 45.5 Å². The Hall–Kier alpha value is -2.23. The van der Waals surface area contributed by atoms with Gasteiger partial charge in [-0.15, -0.1) is 0 Å². The SMILES string of the molecule is COc1ccc(N(C)C2C=CC=CC2=N)cc1OC. The fraction of sp³-hybridized carbons (Fsp3) is 0.267. The number of nitrogens with one attached hydrogen (secondary N) is 1. The molecule has 100 valence electrons. The number of rotatable bonds is 4. The third-order valence-corrected chi connectivity index (χ3v) is 3.19. The summed E-state index contributed by atoms with van der Waals surface area (Å²) in [6.07, 6.45) is 7.64. The Kier molecular flexibility index (Phi) is 3.90. The average molecular weight is 258 g/mol. The highest BCUT2D eigenvalue weighted by Crippen LogP contribution is 2.32. The van der Waals surface area contributed by atoms with E-state index in [-0.39, 0.29) is 6.04 Å². The molecule has 2 rings (SSSR count). The van der Waals surface area contributed by atoms with Crippen LogP contribution in [0.15, 0.2) is 42.5 Å². The van der Waals surface area contributed by atoms with E-state index in [4.69, 9.17) is 14.9 Å². The number of methoxy groups -OCH3 is 2. The molecule has 0 spiro atoms. The van der Waals surface area contributed by atoms with Crippen molar-refractivity contribution in [3.8, 4) is 11.5 Å². The molecular weight excluding hydrogens is 240 g/mol. The zero-order chi connectivity index (χ0) is 13.8. The molecule has 1 aliphatic carbocycles. The second-order valence-electron chi connectivity index (χ2n) is 4.29. The highest BCUT2D eigenvalue weighted by Gasteiger charge is 2.18. The fourth-order valence-electron chi connectivity index (χ4n) is 2.07. The van der Waals surface area contributed by atoms with E-state index in [0.717, 1.165) is 5.69 Å². The minimum absolute atomic E-state index is 0.0527. The van der Waals surface area contributed by atoms with Gasteiger partial charge in [0.05, 0.1) is 26.0 Å². The predicted octanol–water partition coefficient (Wildman–Crippen LogP) is 2.65. The van der Waals surface area contributed by atoms with Crippen LogP contribution in [0.1, 0.15) is 0 Å². The molecule has 0 saturated carbocycles. The molecule has 1 aromatic rings. The van der Waals surface area contributed by atoms with Gasteiger partial charge in [0.25, 0.3) is 0 Å². The number of hydrogen-bond acceptors (Lipinski definition) is 4. The van der Waals surface area contributed by atoms with E-state index in [9.17, 15) is 0 Å². The van der Waals surface area contributed by atoms with Crippen molar-refractivity contribution in [2.75, 3.05) is 26.2 Å². The van der Waals surface area contributed by atoms with Crippen LogP contribution in [-0.2, 0) is 0 Å². The maximum absolute atomic E-state index is 7.97. The van der Waals surface area contributed by atoms with Crippen molar-refractivity contribution >= 4 is 11.4 Å². The maximum atomic E-state index is 7.97. The molecule has 0 aliphatic heterocycles. The Bertz CT molecular complexity index is 535. The van der Waals surface area contributed by atoms with Gasteiger partial charge in [0, 0.05) is 18.8 Å². The molecule has 0 radical (unpaired) electrons. The van der Waals surface area contributed by atoms with Crippen molar-refractivity contribution in [1.82, 2.24) is 0 Å². The molecule has 0 fully saturated rings. The van der Waals surface area contributed by atoms with Crippen LogP contribution in [0.3, 0.4) is 0 Å². The summed E-state index contributed by atoms with van der Waals surface area (Å²) >= 11 is 0. The van der Waals surface area contributed by atoms with Crippen LogP contribution in [0, 0.1) is 5.41 Å². The monoisotopic (exact) mass is 258 g/mol. The molecule has 4 heteroatoms. The molecule has 0 aromatic heterocycles. The predicted molar refractivity (Wildman–Crippen MR) is 77.7 cm³/mol. The normalized spacial score (nSPS) is 17.4. The largest absolute Gasteiger partial charge is 0.493 e. The summed E-state index contributed by atoms with van der Waals surface area (Å²) in [7, 11) is 5.20. The highest BCUT2D eigenvalue weighted by atomic mass is 16.5. The van der Waals surface area contributed by atoms with Crippen molar-refractivity contribution in [3.63, 3.8) is 0 Å². The molecular formula is C15H18N2O2. The minimum atomic E-state index is -0.0527. The Morgan fingerprint density at radius 3 is 2.47 bits per heavy atom. The molecule has 1 aliphatic rings. The van der Waals surface area contributed by atoms with Crippen molar-refractivity contribution in [2.24, 2.45) is 0 Å². The van der Waals surface area contributed by atoms with E-state index in [1.54, 1.807) is 14.2 Å². The van der Waals surface area contributed by atoms with Crippen LogP contribution in [0.25, 0.3) is 0 Å². The molecule has 0 heterocycles. The van der Waals surface area contributed by atoms with Crippen LogP contribution in [0.5, 0.6) is 11.5 Å². The van der Waals surface area contributed by atoms with E-state index in [2.05, 4.69) is 0 Å². The van der Waals surface area contributed by atoms with Crippen LogP contribution < -0.4 is 14.4 Å². The number of likely N-dealkylation sites (N-methyl/N-ethyl adjacent to an activating group) is 1. The number of anilines is 1. The van der Waals surface area contributed by atoms with E-state index >= 15 is 0 Å². The van der Waals surface area contributed by atoms with Gasteiger partial charge < -0.3 is 19.8 Å². The Labute approximate surface area is 113 Å². The lowest BCUT2D eigenvalue weighted by Gasteiger charge is -2.29. The van der Waals surface area contributed by atoms with Crippen LogP contribution in [0.2, 0.25) is 0 Å². The molecule has 0 amide bonds. The first kappa shape index (κ1) is 13.2. The van der Waals surface area contributed by atoms with Gasteiger partial charge in [0.1, 0.15) is 0 Å². The zero-order valence-corrected chi connectivity index (χ0v) is 11.4. The summed E-state index contributed by atoms with van der Waals surface area (Å²) < 4.78 is 10.5. The van der Waals surface area contributed by atoms with Crippen LogP contribution in [0.4, 0.5) is 5.69 Å². The minimum Gasteiger partial charge on any atom is -0.493 e. The number of benzene rings is 1. The van der Waals surface area contributed by atoms with Gasteiger partial charge in [-0.3, -0.25) is 0 Å². The summed E-state index contributed by atoms with van der Waals surface area (Å²) in [5, 5.41) is 7.97. The van der Waals surface area contributed by atoms with Gasteiger partial charge in [0.15, 0.2) is 11.5 Å². The smallest absolute Gasteiger partial charge is 0.162 e. The van der Waals surface area contributed by atoms with Crippen molar-refractivity contribution in [2.45, 2.75) is 6.04 Å². The molecule has 1 unspecified atom stereocenters. The molecule has 1 aromatic carbocycles. The second kappa shape index (κ2) is 5.61. The quantitative estimate of drug-likeness (QED) is 0.903. The van der Waals surface area contributed by atoms with Gasteiger partial charge in [-0.2, -0.15) is 0 Å². The van der Waals surface area contributed by atoms with Gasteiger partial charge in [-0.25, -0.2) is 0 Å². The summed E-state index contributed by atoms with van der Waals surface area (Å²) in [6, 6.07) is 5.69. The van der Waals surface area contributed by atoms with Crippen LogP contribution in [-0.4, -0.2) is 33.0 Å². The van der Waals surface area contributed by atoms with Gasteiger partial charge >= 0.3 is 0 Å². The first-order valence-electron chi connectivity index (χ1n) is 6.05. The second-order valence-corrected chi connectivity index (χ2v) is 4.29. The summed E-state index contributed by atoms with van der Waals surface area (Å²) in [5.41, 5.74) is 1.55. The molecule has 1 atom stereocenters. The van der Waals surface area contributed by atoms with Gasteiger partial charge in [0.2, 0.25) is 0 Å². The summed E-state index contributed by atoms with van der Waals surface area (Å²) in [5.74, 6) is 1.39. The van der Waals surface area contributed by atoms with Crippen molar-refractivity contribution in [1.29, 1.82) is 5.41 Å². The maximum Gasteiger partial charge on any atom is 0.162 e. The van der Waals surface area contributed by atoms with Gasteiger partial charge in [-0.1, -0.05) is 18.2 Å². The zero-order valence-electron chi connectivity index (χ0n) is 11.4. The molecule has 4 nitrogen and oxygen atoms in total. The van der Waals surface area contributed by atoms with Crippen LogP contribution >= 0.6 is 0 Å². The molecule has 1 N–H and O–H groups in total. The Morgan fingerprint density at radius 1 is 1.11 bits per heavy atom. The van der Waals surface area contributed by atoms with E-state index in [0.29, 0.717) is 17.2 Å². The summed E-state index contributed by atoms with van der Waals surface area (Å²) in [6.45, 7) is 0. The lowest BCUT2D eigenvalue weighted by atomic mass is 10.0. The highest BCUT2D eigenvalue weighted by molar-refractivity contribution is 6.01. The van der Waals surface area contributed by atoms with E-state index in [1.165, 1.54) is 0 Å². The number of allylic oxidation sites excluding steroid dienone is 2. The molecule has 0 saturated heterocycles. The first-order chi connectivity index (χ1) is 9.17. The standard InChI is InChI=1S/C15H18N2O2/c1-17(13-7-5-4-6-12(13)16)11-8-9-14(18-2)15(10-11)19-3/h4-10,13,16H,1-3H3. The third kappa shape index (κ3) is 2.62. The van der Waals surface area contributed by atoms with Crippen molar-refractivity contribution in [3.05, 3.63) is 42.5 Å².